The number of anilines is 1. The number of rotatable bonds is 4. The molecular formula is C13H21ClN4O3. The Hall–Kier alpha value is -1.76. The lowest BCUT2D eigenvalue weighted by Crippen LogP contribution is -2.32. The number of aromatic nitrogens is 2. The zero-order valence-electron chi connectivity index (χ0n) is 12.9. The van der Waals surface area contributed by atoms with E-state index in [9.17, 15) is 9.59 Å². The molecule has 0 unspecified atom stereocenters. The molecule has 0 saturated carbocycles. The molecule has 2 amide bonds. The van der Waals surface area contributed by atoms with E-state index in [1.807, 2.05) is 6.92 Å². The standard InChI is InChI=1S/C13H21ClN4O3/c1-8-9(7-15-12(20)21-13(2,3)4)11(17-18(8)5)16-10(19)6-14/h6-7H2,1-5H3,(H,15,20)(H,16,17,19). The minimum atomic E-state index is -0.566. The molecule has 1 aromatic heterocycles. The fourth-order valence-electron chi connectivity index (χ4n) is 1.60. The average molecular weight is 317 g/mol. The minimum Gasteiger partial charge on any atom is -0.444 e. The summed E-state index contributed by atoms with van der Waals surface area (Å²) in [6.45, 7) is 7.40. The van der Waals surface area contributed by atoms with Crippen LogP contribution in [0.15, 0.2) is 0 Å². The van der Waals surface area contributed by atoms with Crippen LogP contribution in [0, 0.1) is 6.92 Å². The number of alkyl halides is 1. The zero-order valence-corrected chi connectivity index (χ0v) is 13.7. The molecule has 0 atom stereocenters. The molecule has 118 valence electrons. The first-order valence-corrected chi connectivity index (χ1v) is 7.02. The van der Waals surface area contributed by atoms with Crippen LogP contribution < -0.4 is 10.6 Å². The van der Waals surface area contributed by atoms with E-state index in [1.54, 1.807) is 32.5 Å². The molecule has 0 spiro atoms. The van der Waals surface area contributed by atoms with Crippen LogP contribution in [-0.4, -0.2) is 33.3 Å². The lowest BCUT2D eigenvalue weighted by molar-refractivity contribution is -0.113. The summed E-state index contributed by atoms with van der Waals surface area (Å²) in [5, 5.41) is 9.43. The maximum atomic E-state index is 11.7. The number of amides is 2. The molecule has 1 heterocycles. The molecule has 0 radical (unpaired) electrons. The predicted molar refractivity (Wildman–Crippen MR) is 80.4 cm³/mol. The highest BCUT2D eigenvalue weighted by atomic mass is 35.5. The highest BCUT2D eigenvalue weighted by Gasteiger charge is 2.19. The van der Waals surface area contributed by atoms with Crippen molar-refractivity contribution in [3.05, 3.63) is 11.3 Å². The number of hydrogen-bond acceptors (Lipinski definition) is 4. The third-order valence-corrected chi connectivity index (χ3v) is 2.89. The Kier molecular flexibility index (Phi) is 5.60. The third-order valence-electron chi connectivity index (χ3n) is 2.65. The van der Waals surface area contributed by atoms with Gasteiger partial charge in [0.25, 0.3) is 0 Å². The van der Waals surface area contributed by atoms with Crippen molar-refractivity contribution in [2.24, 2.45) is 7.05 Å². The molecule has 0 fully saturated rings. The molecule has 0 aliphatic rings. The van der Waals surface area contributed by atoms with Crippen molar-refractivity contribution in [1.82, 2.24) is 15.1 Å². The Morgan fingerprint density at radius 3 is 2.52 bits per heavy atom. The summed E-state index contributed by atoms with van der Waals surface area (Å²) < 4.78 is 6.78. The van der Waals surface area contributed by atoms with E-state index in [0.29, 0.717) is 11.4 Å². The number of aryl methyl sites for hydroxylation is 1. The maximum absolute atomic E-state index is 11.7. The predicted octanol–water partition coefficient (Wildman–Crippen LogP) is 1.93. The number of alkyl carbamates (subject to hydrolysis) is 1. The van der Waals surface area contributed by atoms with E-state index in [2.05, 4.69) is 15.7 Å². The minimum absolute atomic E-state index is 0.158. The molecule has 2 N–H and O–H groups in total. The summed E-state index contributed by atoms with van der Waals surface area (Å²) in [7, 11) is 1.75. The second-order valence-corrected chi connectivity index (χ2v) is 5.84. The van der Waals surface area contributed by atoms with E-state index in [0.717, 1.165) is 5.69 Å². The smallest absolute Gasteiger partial charge is 0.407 e. The van der Waals surface area contributed by atoms with Crippen LogP contribution in [-0.2, 0) is 23.1 Å². The van der Waals surface area contributed by atoms with Crippen LogP contribution in [0.4, 0.5) is 10.6 Å². The maximum Gasteiger partial charge on any atom is 0.407 e. The number of halogens is 1. The zero-order chi connectivity index (χ0) is 16.2. The van der Waals surface area contributed by atoms with Crippen molar-refractivity contribution in [1.29, 1.82) is 0 Å². The number of ether oxygens (including phenoxy) is 1. The van der Waals surface area contributed by atoms with Gasteiger partial charge >= 0.3 is 6.09 Å². The summed E-state index contributed by atoms with van der Waals surface area (Å²) >= 11 is 5.46. The van der Waals surface area contributed by atoms with Gasteiger partial charge in [-0.15, -0.1) is 11.6 Å². The number of carbonyl (C=O) groups is 2. The number of hydrogen-bond donors (Lipinski definition) is 2. The van der Waals surface area contributed by atoms with Gasteiger partial charge in [0.1, 0.15) is 11.5 Å². The van der Waals surface area contributed by atoms with Gasteiger partial charge in [0.15, 0.2) is 5.82 Å². The van der Waals surface area contributed by atoms with Gasteiger partial charge in [0.05, 0.1) is 6.54 Å². The summed E-state index contributed by atoms with van der Waals surface area (Å²) in [5.74, 6) is -0.126. The first-order valence-electron chi connectivity index (χ1n) is 6.49. The third kappa shape index (κ3) is 5.26. The van der Waals surface area contributed by atoms with E-state index in [4.69, 9.17) is 16.3 Å². The van der Waals surface area contributed by atoms with E-state index in [-0.39, 0.29) is 18.3 Å². The van der Waals surface area contributed by atoms with E-state index in [1.165, 1.54) is 0 Å². The fourth-order valence-corrected chi connectivity index (χ4v) is 1.67. The van der Waals surface area contributed by atoms with Crippen molar-refractivity contribution in [3.63, 3.8) is 0 Å². The summed E-state index contributed by atoms with van der Waals surface area (Å²) in [4.78, 5) is 23.0. The highest BCUT2D eigenvalue weighted by Crippen LogP contribution is 2.18. The summed E-state index contributed by atoms with van der Waals surface area (Å²) in [6, 6.07) is 0. The number of nitrogens with zero attached hydrogens (tertiary/aromatic N) is 2. The summed E-state index contributed by atoms with van der Waals surface area (Å²) in [5.41, 5.74) is 0.974. The normalized spacial score (nSPS) is 11.1. The molecule has 8 heteroatoms. The summed E-state index contributed by atoms with van der Waals surface area (Å²) in [6.07, 6.45) is -0.527. The van der Waals surface area contributed by atoms with E-state index >= 15 is 0 Å². The molecule has 1 aromatic rings. The van der Waals surface area contributed by atoms with Gasteiger partial charge in [-0.25, -0.2) is 4.79 Å². The van der Waals surface area contributed by atoms with Crippen molar-refractivity contribution < 1.29 is 14.3 Å². The van der Waals surface area contributed by atoms with Crippen LogP contribution in [0.5, 0.6) is 0 Å². The number of carbonyl (C=O) groups excluding carboxylic acids is 2. The van der Waals surface area contributed by atoms with E-state index < -0.39 is 11.7 Å². The van der Waals surface area contributed by atoms with Crippen LogP contribution in [0.1, 0.15) is 32.0 Å². The largest absolute Gasteiger partial charge is 0.444 e. The van der Waals surface area contributed by atoms with Gasteiger partial charge in [-0.2, -0.15) is 5.10 Å². The van der Waals surface area contributed by atoms with Crippen molar-refractivity contribution in [3.8, 4) is 0 Å². The molecule has 21 heavy (non-hydrogen) atoms. The highest BCUT2D eigenvalue weighted by molar-refractivity contribution is 6.29. The van der Waals surface area contributed by atoms with Gasteiger partial charge < -0.3 is 15.4 Å². The van der Waals surface area contributed by atoms with Crippen LogP contribution in [0.25, 0.3) is 0 Å². The Morgan fingerprint density at radius 2 is 2.00 bits per heavy atom. The SMILES string of the molecule is Cc1c(CNC(=O)OC(C)(C)C)c(NC(=O)CCl)nn1C. The topological polar surface area (TPSA) is 85.2 Å². The van der Waals surface area contributed by atoms with Crippen molar-refractivity contribution in [2.75, 3.05) is 11.2 Å². The van der Waals surface area contributed by atoms with Crippen LogP contribution in [0.3, 0.4) is 0 Å². The first-order chi connectivity index (χ1) is 9.64. The molecule has 0 aromatic carbocycles. The lowest BCUT2D eigenvalue weighted by Gasteiger charge is -2.19. The molecule has 0 saturated heterocycles. The Balaban J connectivity index is 2.78. The van der Waals surface area contributed by atoms with Crippen molar-refractivity contribution in [2.45, 2.75) is 39.8 Å². The van der Waals surface area contributed by atoms with Crippen molar-refractivity contribution >= 4 is 29.4 Å². The second kappa shape index (κ2) is 6.80. The Morgan fingerprint density at radius 1 is 1.38 bits per heavy atom. The monoisotopic (exact) mass is 316 g/mol. The van der Waals surface area contributed by atoms with Gasteiger partial charge in [-0.3, -0.25) is 9.48 Å². The molecule has 0 aliphatic carbocycles. The van der Waals surface area contributed by atoms with Gasteiger partial charge in [-0.1, -0.05) is 0 Å². The number of nitrogens with one attached hydrogen (secondary N) is 2. The molecule has 0 aliphatic heterocycles. The van der Waals surface area contributed by atoms with Gasteiger partial charge in [0, 0.05) is 18.3 Å². The molecule has 1 rings (SSSR count). The Labute approximate surface area is 129 Å². The fraction of sp³-hybridized carbons (Fsp3) is 0.615. The molecule has 7 nitrogen and oxygen atoms in total. The molecule has 0 bridgehead atoms. The first kappa shape index (κ1) is 17.3. The van der Waals surface area contributed by atoms with Crippen LogP contribution in [0.2, 0.25) is 0 Å². The van der Waals surface area contributed by atoms with Gasteiger partial charge in [-0.05, 0) is 27.7 Å². The Bertz CT molecular complexity index is 534. The second-order valence-electron chi connectivity index (χ2n) is 5.57. The van der Waals surface area contributed by atoms with Crippen LogP contribution >= 0.6 is 11.6 Å². The van der Waals surface area contributed by atoms with Gasteiger partial charge in [0.2, 0.25) is 5.91 Å². The average Bonchev–Trinajstić information content (AvgIpc) is 2.60. The molecular weight excluding hydrogens is 296 g/mol. The lowest BCUT2D eigenvalue weighted by atomic mass is 10.2. The quantitative estimate of drug-likeness (QED) is 0.831.